The molecule has 1 N–H and O–H groups in total. The Hall–Kier alpha value is -0.610. The first-order valence-corrected chi connectivity index (χ1v) is 7.75. The Labute approximate surface area is 116 Å². The van der Waals surface area contributed by atoms with E-state index in [1.165, 1.54) is 19.3 Å². The lowest BCUT2D eigenvalue weighted by atomic mass is 9.93. The Bertz CT molecular complexity index is 303. The van der Waals surface area contributed by atoms with E-state index in [0.29, 0.717) is 18.4 Å². The fourth-order valence-corrected chi connectivity index (χ4v) is 3.67. The van der Waals surface area contributed by atoms with E-state index in [2.05, 4.69) is 16.7 Å². The molecule has 110 valence electrons. The van der Waals surface area contributed by atoms with Gasteiger partial charge in [0.2, 0.25) is 5.91 Å². The molecular weight excluding hydrogens is 240 g/mol. The third-order valence-corrected chi connectivity index (χ3v) is 4.63. The number of carbonyl (C=O) groups excluding carboxylic acids is 1. The van der Waals surface area contributed by atoms with Crippen LogP contribution in [0.5, 0.6) is 0 Å². The van der Waals surface area contributed by atoms with Crippen LogP contribution >= 0.6 is 0 Å². The van der Waals surface area contributed by atoms with Gasteiger partial charge < -0.3 is 10.0 Å². The summed E-state index contributed by atoms with van der Waals surface area (Å²) in [6.07, 6.45) is 6.70. The van der Waals surface area contributed by atoms with Crippen LogP contribution in [-0.2, 0) is 4.79 Å². The van der Waals surface area contributed by atoms with Crippen molar-refractivity contribution in [1.29, 1.82) is 0 Å². The number of nitrogens with zero attached hydrogens (tertiary/aromatic N) is 2. The van der Waals surface area contributed by atoms with E-state index in [1.807, 2.05) is 7.05 Å². The maximum atomic E-state index is 12.8. The summed E-state index contributed by atoms with van der Waals surface area (Å²) in [7, 11) is 2.01. The Balaban J connectivity index is 2.12. The molecule has 1 heterocycles. The van der Waals surface area contributed by atoms with Crippen LogP contribution in [0.25, 0.3) is 0 Å². The molecule has 2 atom stereocenters. The number of aliphatic hydroxyl groups excluding tert-OH is 1. The molecule has 1 saturated carbocycles. The number of hydrogen-bond donors (Lipinski definition) is 1. The van der Waals surface area contributed by atoms with Crippen LogP contribution in [-0.4, -0.2) is 59.6 Å². The first-order chi connectivity index (χ1) is 9.13. The van der Waals surface area contributed by atoms with E-state index in [9.17, 15) is 9.90 Å². The van der Waals surface area contributed by atoms with Crippen LogP contribution in [0, 0.1) is 5.92 Å². The van der Waals surface area contributed by atoms with Crippen molar-refractivity contribution in [3.05, 3.63) is 0 Å². The maximum Gasteiger partial charge on any atom is 0.240 e. The lowest BCUT2D eigenvalue weighted by Gasteiger charge is -2.36. The average Bonchev–Trinajstić information content (AvgIpc) is 2.51. The normalized spacial score (nSPS) is 31.5. The fourth-order valence-electron chi connectivity index (χ4n) is 3.67. The van der Waals surface area contributed by atoms with E-state index < -0.39 is 0 Å². The number of likely N-dealkylation sites (N-methyl/N-ethyl adjacent to an activating group) is 1. The zero-order chi connectivity index (χ0) is 13.8. The second-order valence-corrected chi connectivity index (χ2v) is 6.36. The van der Waals surface area contributed by atoms with Crippen LogP contribution in [0.4, 0.5) is 0 Å². The molecule has 0 radical (unpaired) electrons. The van der Waals surface area contributed by atoms with Gasteiger partial charge >= 0.3 is 0 Å². The largest absolute Gasteiger partial charge is 0.396 e. The first kappa shape index (κ1) is 14.8. The Morgan fingerprint density at radius 2 is 1.89 bits per heavy atom. The van der Waals surface area contributed by atoms with Crippen molar-refractivity contribution < 1.29 is 9.90 Å². The average molecular weight is 268 g/mol. The fraction of sp³-hybridized carbons (Fsp3) is 0.933. The van der Waals surface area contributed by atoms with Crippen LogP contribution < -0.4 is 0 Å². The van der Waals surface area contributed by atoms with Gasteiger partial charge in [-0.3, -0.25) is 9.69 Å². The third-order valence-electron chi connectivity index (χ3n) is 4.63. The molecule has 2 unspecified atom stereocenters. The zero-order valence-corrected chi connectivity index (χ0v) is 12.3. The molecule has 0 spiro atoms. The van der Waals surface area contributed by atoms with Crippen molar-refractivity contribution in [3.8, 4) is 0 Å². The molecule has 2 aliphatic rings. The van der Waals surface area contributed by atoms with Crippen LogP contribution in [0.2, 0.25) is 0 Å². The van der Waals surface area contributed by atoms with Gasteiger partial charge in [-0.05, 0) is 32.2 Å². The monoisotopic (exact) mass is 268 g/mol. The molecule has 0 aromatic rings. The van der Waals surface area contributed by atoms with Gasteiger partial charge in [-0.2, -0.15) is 0 Å². The summed E-state index contributed by atoms with van der Waals surface area (Å²) in [5.41, 5.74) is 0. The molecule has 1 saturated heterocycles. The highest BCUT2D eigenvalue weighted by Crippen LogP contribution is 2.26. The molecular formula is C15H28N2O2. The number of amides is 1. The summed E-state index contributed by atoms with van der Waals surface area (Å²) in [4.78, 5) is 17.0. The molecule has 4 heteroatoms. The minimum absolute atomic E-state index is 0.0909. The zero-order valence-electron chi connectivity index (χ0n) is 12.3. The molecule has 0 aromatic heterocycles. The van der Waals surface area contributed by atoms with Gasteiger partial charge in [0.15, 0.2) is 0 Å². The molecule has 1 aliphatic heterocycles. The lowest BCUT2D eigenvalue weighted by Crippen LogP contribution is -2.49. The molecule has 2 fully saturated rings. The van der Waals surface area contributed by atoms with Crippen LogP contribution in [0.3, 0.4) is 0 Å². The van der Waals surface area contributed by atoms with Crippen molar-refractivity contribution >= 4 is 5.91 Å². The Morgan fingerprint density at radius 3 is 2.53 bits per heavy atom. The molecule has 19 heavy (non-hydrogen) atoms. The summed E-state index contributed by atoms with van der Waals surface area (Å²) in [6, 6.07) is 0.313. The number of aliphatic hydroxyl groups is 1. The quantitative estimate of drug-likeness (QED) is 0.843. The molecule has 2 rings (SSSR count). The summed E-state index contributed by atoms with van der Waals surface area (Å²) in [5.74, 6) is 0.757. The highest BCUT2D eigenvalue weighted by molar-refractivity contribution is 5.82. The van der Waals surface area contributed by atoms with Gasteiger partial charge in [0.05, 0.1) is 6.04 Å². The van der Waals surface area contributed by atoms with Gasteiger partial charge in [-0.25, -0.2) is 0 Å². The van der Waals surface area contributed by atoms with Crippen LogP contribution in [0.15, 0.2) is 0 Å². The summed E-state index contributed by atoms with van der Waals surface area (Å²) in [5, 5.41) is 9.21. The third kappa shape index (κ3) is 3.48. The van der Waals surface area contributed by atoms with Crippen molar-refractivity contribution in [1.82, 2.24) is 9.80 Å². The predicted molar refractivity (Wildman–Crippen MR) is 75.9 cm³/mol. The van der Waals surface area contributed by atoms with E-state index in [0.717, 1.165) is 25.9 Å². The van der Waals surface area contributed by atoms with E-state index in [1.54, 1.807) is 0 Å². The SMILES string of the molecule is CC1CN(C)C(CCO)C(=O)N(C2CCCCC2)C1. The van der Waals surface area contributed by atoms with Gasteiger partial charge in [0.1, 0.15) is 0 Å². The molecule has 4 nitrogen and oxygen atoms in total. The minimum Gasteiger partial charge on any atom is -0.396 e. The second kappa shape index (κ2) is 6.71. The van der Waals surface area contributed by atoms with Gasteiger partial charge in [0, 0.05) is 25.7 Å². The maximum absolute atomic E-state index is 12.8. The van der Waals surface area contributed by atoms with Crippen molar-refractivity contribution in [2.24, 2.45) is 5.92 Å². The molecule has 1 amide bonds. The number of carbonyl (C=O) groups is 1. The lowest BCUT2D eigenvalue weighted by molar-refractivity contribution is -0.138. The van der Waals surface area contributed by atoms with E-state index >= 15 is 0 Å². The molecule has 0 bridgehead atoms. The van der Waals surface area contributed by atoms with Crippen LogP contribution in [0.1, 0.15) is 45.4 Å². The number of hydrogen-bond acceptors (Lipinski definition) is 3. The molecule has 0 aromatic carbocycles. The van der Waals surface area contributed by atoms with Crippen molar-refractivity contribution in [2.75, 3.05) is 26.7 Å². The van der Waals surface area contributed by atoms with E-state index in [4.69, 9.17) is 0 Å². The van der Waals surface area contributed by atoms with Gasteiger partial charge in [0.25, 0.3) is 0 Å². The predicted octanol–water partition coefficient (Wildman–Crippen LogP) is 1.48. The molecule has 1 aliphatic carbocycles. The first-order valence-electron chi connectivity index (χ1n) is 7.75. The highest BCUT2D eigenvalue weighted by atomic mass is 16.3. The Kier molecular flexibility index (Phi) is 5.22. The van der Waals surface area contributed by atoms with Gasteiger partial charge in [-0.15, -0.1) is 0 Å². The standard InChI is InChI=1S/C15H28N2O2/c1-12-10-16(2)14(8-9-18)15(19)17(11-12)13-6-4-3-5-7-13/h12-14,18H,3-11H2,1-2H3. The summed E-state index contributed by atoms with van der Waals surface area (Å²) in [6.45, 7) is 4.14. The topological polar surface area (TPSA) is 43.8 Å². The minimum atomic E-state index is -0.128. The summed E-state index contributed by atoms with van der Waals surface area (Å²) < 4.78 is 0. The van der Waals surface area contributed by atoms with Crippen molar-refractivity contribution in [3.63, 3.8) is 0 Å². The Morgan fingerprint density at radius 1 is 1.21 bits per heavy atom. The summed E-state index contributed by atoms with van der Waals surface area (Å²) >= 11 is 0. The number of rotatable bonds is 3. The smallest absolute Gasteiger partial charge is 0.240 e. The second-order valence-electron chi connectivity index (χ2n) is 6.36. The van der Waals surface area contributed by atoms with E-state index in [-0.39, 0.29) is 18.6 Å². The highest BCUT2D eigenvalue weighted by Gasteiger charge is 2.36. The van der Waals surface area contributed by atoms with Crippen molar-refractivity contribution in [2.45, 2.75) is 57.5 Å². The van der Waals surface area contributed by atoms with Gasteiger partial charge in [-0.1, -0.05) is 26.2 Å².